The summed E-state index contributed by atoms with van der Waals surface area (Å²) in [4.78, 5) is 38.7. The number of amides is 1. The normalized spacial score (nSPS) is 42.9. The SMILES string of the molecule is CC(=O)OC1CCC2(C)C(=CCC3C2CCC2(C)C3CC(OC(C)=O)C2/C(C)=C2\CCC(C)CN2C(C)=O)C1. The Labute approximate surface area is 234 Å². The van der Waals surface area contributed by atoms with Gasteiger partial charge in [-0.05, 0) is 98.4 Å². The van der Waals surface area contributed by atoms with E-state index in [9.17, 15) is 14.4 Å². The van der Waals surface area contributed by atoms with Gasteiger partial charge >= 0.3 is 11.9 Å². The third kappa shape index (κ3) is 4.88. The minimum Gasteiger partial charge on any atom is -0.462 e. The van der Waals surface area contributed by atoms with Crippen molar-refractivity contribution in [1.29, 1.82) is 0 Å². The monoisotopic (exact) mass is 539 g/mol. The molecule has 0 N–H and O–H groups in total. The van der Waals surface area contributed by atoms with E-state index in [1.807, 2.05) is 4.90 Å². The van der Waals surface area contributed by atoms with Crippen molar-refractivity contribution in [3.63, 3.8) is 0 Å². The molecule has 9 atom stereocenters. The number of piperidine rings is 1. The highest BCUT2D eigenvalue weighted by atomic mass is 16.5. The summed E-state index contributed by atoms with van der Waals surface area (Å²) in [6.45, 7) is 14.9. The lowest BCUT2D eigenvalue weighted by Gasteiger charge is -2.58. The van der Waals surface area contributed by atoms with Crippen LogP contribution in [-0.4, -0.2) is 41.5 Å². The summed E-state index contributed by atoms with van der Waals surface area (Å²) < 4.78 is 11.8. The standard InChI is InChI=1S/C33H49NO5/c1-19-8-11-29(34(18-19)21(3)35)20(2)31-30(39-23(5)37)17-28-26-10-9-24-16-25(38-22(4)36)12-14-32(24,6)27(26)13-15-33(28,31)7/h9,19,25-28,30-31H,8,10-18H2,1-7H3/b29-20+. The lowest BCUT2D eigenvalue weighted by Crippen LogP contribution is -2.51. The van der Waals surface area contributed by atoms with Gasteiger partial charge < -0.3 is 14.4 Å². The molecular weight excluding hydrogens is 490 g/mol. The van der Waals surface area contributed by atoms with Crippen molar-refractivity contribution in [3.8, 4) is 0 Å². The van der Waals surface area contributed by atoms with Crippen LogP contribution in [0.5, 0.6) is 0 Å². The zero-order valence-corrected chi connectivity index (χ0v) is 25.2. The second-order valence-corrected chi connectivity index (χ2v) is 14.0. The largest absolute Gasteiger partial charge is 0.462 e. The average Bonchev–Trinajstić information content (AvgIpc) is 3.14. The van der Waals surface area contributed by atoms with Crippen LogP contribution in [0.2, 0.25) is 0 Å². The molecule has 6 nitrogen and oxygen atoms in total. The van der Waals surface area contributed by atoms with E-state index in [0.717, 1.165) is 57.9 Å². The van der Waals surface area contributed by atoms with E-state index in [2.05, 4.69) is 33.8 Å². The van der Waals surface area contributed by atoms with Gasteiger partial charge in [0.05, 0.1) is 0 Å². The van der Waals surface area contributed by atoms with E-state index in [-0.39, 0.29) is 46.8 Å². The van der Waals surface area contributed by atoms with E-state index in [1.165, 1.54) is 37.1 Å². The Bertz CT molecular complexity index is 1090. The molecule has 0 aromatic carbocycles. The molecule has 1 aliphatic heterocycles. The molecule has 1 amide bonds. The van der Waals surface area contributed by atoms with Gasteiger partial charge in [-0.1, -0.05) is 32.4 Å². The summed E-state index contributed by atoms with van der Waals surface area (Å²) in [6.07, 6.45) is 11.4. The molecule has 1 heterocycles. The number of carbonyl (C=O) groups excluding carboxylic acids is 3. The van der Waals surface area contributed by atoms with Gasteiger partial charge in [0, 0.05) is 45.4 Å². The molecule has 9 unspecified atom stereocenters. The van der Waals surface area contributed by atoms with Crippen LogP contribution in [0.15, 0.2) is 22.9 Å². The molecule has 216 valence electrons. The molecule has 0 aromatic rings. The molecule has 6 heteroatoms. The summed E-state index contributed by atoms with van der Waals surface area (Å²) in [7, 11) is 0. The van der Waals surface area contributed by atoms with Crippen molar-refractivity contribution in [1.82, 2.24) is 4.90 Å². The molecule has 4 aliphatic carbocycles. The fourth-order valence-electron chi connectivity index (χ4n) is 9.99. The maximum absolute atomic E-state index is 12.7. The molecule has 39 heavy (non-hydrogen) atoms. The van der Waals surface area contributed by atoms with Gasteiger partial charge in [-0.25, -0.2) is 0 Å². The summed E-state index contributed by atoms with van der Waals surface area (Å²) in [5, 5.41) is 0. The van der Waals surface area contributed by atoms with Crippen LogP contribution in [0, 0.1) is 40.4 Å². The Morgan fingerprint density at radius 2 is 1.67 bits per heavy atom. The van der Waals surface area contributed by atoms with Gasteiger partial charge in [0.15, 0.2) is 0 Å². The first kappa shape index (κ1) is 28.4. The summed E-state index contributed by atoms with van der Waals surface area (Å²) >= 11 is 0. The lowest BCUT2D eigenvalue weighted by atomic mass is 9.47. The van der Waals surface area contributed by atoms with Gasteiger partial charge in [0.25, 0.3) is 0 Å². The lowest BCUT2D eigenvalue weighted by molar-refractivity contribution is -0.149. The fraction of sp³-hybridized carbons (Fsp3) is 0.788. The first-order valence-electron chi connectivity index (χ1n) is 15.4. The van der Waals surface area contributed by atoms with Gasteiger partial charge in [-0.2, -0.15) is 0 Å². The van der Waals surface area contributed by atoms with Crippen molar-refractivity contribution in [2.75, 3.05) is 6.54 Å². The van der Waals surface area contributed by atoms with E-state index in [0.29, 0.717) is 23.7 Å². The van der Waals surface area contributed by atoms with E-state index in [1.54, 1.807) is 6.92 Å². The molecule has 3 saturated carbocycles. The Balaban J connectivity index is 1.48. The van der Waals surface area contributed by atoms with E-state index >= 15 is 0 Å². The van der Waals surface area contributed by atoms with Crippen molar-refractivity contribution in [3.05, 3.63) is 22.9 Å². The van der Waals surface area contributed by atoms with E-state index < -0.39 is 0 Å². The minimum atomic E-state index is -0.205. The zero-order chi connectivity index (χ0) is 28.3. The van der Waals surface area contributed by atoms with Crippen molar-refractivity contribution in [2.24, 2.45) is 40.4 Å². The third-order valence-electron chi connectivity index (χ3n) is 11.7. The number of fused-ring (bicyclic) bond motifs is 5. The minimum absolute atomic E-state index is 0.00754. The Hall–Kier alpha value is -2.11. The molecule has 4 fully saturated rings. The van der Waals surface area contributed by atoms with Crippen LogP contribution in [-0.2, 0) is 23.9 Å². The number of esters is 2. The topological polar surface area (TPSA) is 72.9 Å². The molecule has 0 radical (unpaired) electrons. The number of carbonyl (C=O) groups is 3. The van der Waals surface area contributed by atoms with Crippen LogP contribution in [0.3, 0.4) is 0 Å². The maximum Gasteiger partial charge on any atom is 0.302 e. The summed E-state index contributed by atoms with van der Waals surface area (Å²) in [6, 6.07) is 0. The van der Waals surface area contributed by atoms with Crippen LogP contribution < -0.4 is 0 Å². The van der Waals surface area contributed by atoms with E-state index in [4.69, 9.17) is 9.47 Å². The Kier molecular flexibility index (Phi) is 7.56. The molecule has 0 spiro atoms. The number of ether oxygens (including phenoxy) is 2. The van der Waals surface area contributed by atoms with Gasteiger partial charge in [0.2, 0.25) is 5.91 Å². The molecule has 1 saturated heterocycles. The smallest absolute Gasteiger partial charge is 0.302 e. The van der Waals surface area contributed by atoms with Crippen molar-refractivity contribution < 1.29 is 23.9 Å². The highest BCUT2D eigenvalue weighted by Gasteiger charge is 2.62. The van der Waals surface area contributed by atoms with Crippen molar-refractivity contribution >= 4 is 17.8 Å². The average molecular weight is 540 g/mol. The third-order valence-corrected chi connectivity index (χ3v) is 11.7. The second-order valence-electron chi connectivity index (χ2n) is 14.0. The Morgan fingerprint density at radius 3 is 2.33 bits per heavy atom. The van der Waals surface area contributed by atoms with Gasteiger partial charge in [-0.3, -0.25) is 14.4 Å². The van der Waals surface area contributed by atoms with Crippen LogP contribution in [0.4, 0.5) is 0 Å². The number of hydrogen-bond acceptors (Lipinski definition) is 5. The predicted molar refractivity (Wildman–Crippen MR) is 150 cm³/mol. The van der Waals surface area contributed by atoms with Crippen LogP contribution in [0.1, 0.15) is 106 Å². The molecule has 0 aromatic heterocycles. The zero-order valence-electron chi connectivity index (χ0n) is 25.2. The number of rotatable bonds is 3. The highest BCUT2D eigenvalue weighted by Crippen LogP contribution is 2.67. The molecule has 5 aliphatic rings. The predicted octanol–water partition coefficient (Wildman–Crippen LogP) is 6.59. The number of nitrogens with zero attached hydrogens (tertiary/aromatic N) is 1. The van der Waals surface area contributed by atoms with Crippen molar-refractivity contribution in [2.45, 2.75) is 118 Å². The first-order valence-corrected chi connectivity index (χ1v) is 15.4. The number of allylic oxidation sites excluding steroid dienone is 2. The molecule has 0 bridgehead atoms. The summed E-state index contributed by atoms with van der Waals surface area (Å²) in [5.74, 6) is 1.99. The van der Waals surface area contributed by atoms with Crippen LogP contribution >= 0.6 is 0 Å². The van der Waals surface area contributed by atoms with Crippen LogP contribution in [0.25, 0.3) is 0 Å². The quantitative estimate of drug-likeness (QED) is 0.299. The second kappa shape index (κ2) is 10.4. The molecule has 5 rings (SSSR count). The first-order chi connectivity index (χ1) is 18.3. The Morgan fingerprint density at radius 1 is 0.949 bits per heavy atom. The number of likely N-dealkylation sites (tertiary alicyclic amines) is 1. The number of hydrogen-bond donors (Lipinski definition) is 0. The maximum atomic E-state index is 12.7. The molecular formula is C33H49NO5. The highest BCUT2D eigenvalue weighted by molar-refractivity contribution is 5.75. The fourth-order valence-corrected chi connectivity index (χ4v) is 9.99. The summed E-state index contributed by atoms with van der Waals surface area (Å²) in [5.41, 5.74) is 4.11. The van der Waals surface area contributed by atoms with Gasteiger partial charge in [-0.15, -0.1) is 0 Å². The van der Waals surface area contributed by atoms with Gasteiger partial charge in [0.1, 0.15) is 12.2 Å².